The van der Waals surface area contributed by atoms with Gasteiger partial charge in [-0.2, -0.15) is 0 Å². The van der Waals surface area contributed by atoms with Gasteiger partial charge in [0.1, 0.15) is 5.78 Å². The molecule has 226 valence electrons. The lowest BCUT2D eigenvalue weighted by molar-refractivity contribution is -0.204. The van der Waals surface area contributed by atoms with Gasteiger partial charge < -0.3 is 5.11 Å². The van der Waals surface area contributed by atoms with Crippen LogP contribution in [0, 0.1) is 50.2 Å². The van der Waals surface area contributed by atoms with Gasteiger partial charge >= 0.3 is 0 Å². The highest BCUT2D eigenvalue weighted by Gasteiger charge is 2.68. The molecule has 5 saturated carbocycles. The molecule has 2 nitrogen and oxygen atoms in total. The molecule has 0 bridgehead atoms. The van der Waals surface area contributed by atoms with E-state index in [0.717, 1.165) is 44.4 Å². The molecule has 0 saturated heterocycles. The number of aliphatic hydroxyl groups excluding tert-OH is 1. The predicted octanol–water partition coefficient (Wildman–Crippen LogP) is 10.2. The normalized spacial score (nSPS) is 46.5. The Bertz CT molecular complexity index is 1040. The fourth-order valence-corrected chi connectivity index (χ4v) is 12.8. The van der Waals surface area contributed by atoms with E-state index in [4.69, 9.17) is 0 Å². The van der Waals surface area contributed by atoms with Crippen molar-refractivity contribution in [3.63, 3.8) is 0 Å². The Morgan fingerprint density at radius 3 is 2.17 bits per heavy atom. The van der Waals surface area contributed by atoms with Crippen LogP contribution >= 0.6 is 0 Å². The number of rotatable bonds is 4. The number of aliphatic hydroxyl groups is 1. The van der Waals surface area contributed by atoms with Gasteiger partial charge in [-0.1, -0.05) is 91.7 Å². The van der Waals surface area contributed by atoms with Gasteiger partial charge in [0.25, 0.3) is 0 Å². The van der Waals surface area contributed by atoms with Crippen LogP contribution in [0.1, 0.15) is 164 Å². The van der Waals surface area contributed by atoms with Gasteiger partial charge in [-0.15, -0.1) is 0 Å². The molecular weight excluding hydrogens is 488 g/mol. The Labute approximate surface area is 246 Å². The molecule has 0 aromatic carbocycles. The van der Waals surface area contributed by atoms with Crippen molar-refractivity contribution in [3.8, 4) is 0 Å². The zero-order valence-corrected chi connectivity index (χ0v) is 27.4. The minimum absolute atomic E-state index is 0.00778. The standard InChI is InChI=1S/C38H62O2/c1-33(2)21-23-38(32(40)16-13-26-11-9-8-10-12-26)24-22-36(6)27(28(38)25-33)14-15-30-35(5)19-18-31(39)34(3,4)29(35)17-20-37(30,36)7/h26,29-31,39H,8-25H2,1-7H3/t29-,30+,31-,35-,36+,37+,38-/m0/s1. The van der Waals surface area contributed by atoms with Crippen molar-refractivity contribution in [1.29, 1.82) is 0 Å². The Kier molecular flexibility index (Phi) is 7.13. The van der Waals surface area contributed by atoms with Crippen molar-refractivity contribution in [3.05, 3.63) is 11.1 Å². The Morgan fingerprint density at radius 1 is 0.750 bits per heavy atom. The highest BCUT2D eigenvalue weighted by atomic mass is 16.3. The van der Waals surface area contributed by atoms with E-state index < -0.39 is 0 Å². The van der Waals surface area contributed by atoms with E-state index in [1.54, 1.807) is 11.1 Å². The first-order chi connectivity index (χ1) is 18.7. The van der Waals surface area contributed by atoms with E-state index in [0.29, 0.717) is 28.4 Å². The Hall–Kier alpha value is -0.630. The van der Waals surface area contributed by atoms with Crippen LogP contribution in [0.5, 0.6) is 0 Å². The number of Topliss-reactive ketones (excluding diaryl/α,β-unsaturated/α-hetero) is 1. The van der Waals surface area contributed by atoms with Crippen LogP contribution in [0.25, 0.3) is 0 Å². The Morgan fingerprint density at radius 2 is 1.45 bits per heavy atom. The molecule has 0 aromatic rings. The zero-order chi connectivity index (χ0) is 28.8. The van der Waals surface area contributed by atoms with Crippen LogP contribution in [0.15, 0.2) is 11.1 Å². The lowest BCUT2D eigenvalue weighted by Crippen LogP contribution is -2.64. The highest BCUT2D eigenvalue weighted by molar-refractivity contribution is 5.89. The van der Waals surface area contributed by atoms with E-state index in [1.807, 2.05) is 0 Å². The van der Waals surface area contributed by atoms with E-state index in [9.17, 15) is 9.90 Å². The molecule has 0 aromatic heterocycles. The molecule has 5 fully saturated rings. The molecule has 0 unspecified atom stereocenters. The first kappa shape index (κ1) is 29.4. The average Bonchev–Trinajstić information content (AvgIpc) is 2.90. The number of carbonyl (C=O) groups is 1. The van der Waals surface area contributed by atoms with E-state index >= 15 is 0 Å². The largest absolute Gasteiger partial charge is 0.393 e. The highest BCUT2D eigenvalue weighted by Crippen LogP contribution is 2.75. The van der Waals surface area contributed by atoms with Gasteiger partial charge in [-0.05, 0) is 122 Å². The zero-order valence-electron chi connectivity index (χ0n) is 27.4. The predicted molar refractivity (Wildman–Crippen MR) is 166 cm³/mol. The molecule has 2 heteroatoms. The molecule has 0 amide bonds. The summed E-state index contributed by atoms with van der Waals surface area (Å²) in [6.45, 7) is 17.6. The summed E-state index contributed by atoms with van der Waals surface area (Å²) in [4.78, 5) is 14.4. The minimum atomic E-state index is -0.161. The smallest absolute Gasteiger partial charge is 0.143 e. The van der Waals surface area contributed by atoms with Gasteiger partial charge in [-0.25, -0.2) is 0 Å². The fourth-order valence-electron chi connectivity index (χ4n) is 12.8. The van der Waals surface area contributed by atoms with Crippen molar-refractivity contribution in [2.75, 3.05) is 0 Å². The maximum atomic E-state index is 14.4. The SMILES string of the molecule is CC1(C)CC[C@]2(C(=O)CCC3CCCCC3)CC[C@]3(C)C(=C2C1)CC[C@@H]1[C@@]2(C)CC[C@H](O)C(C)(C)[C@@H]2CC[C@]13C. The van der Waals surface area contributed by atoms with Crippen LogP contribution in [0.2, 0.25) is 0 Å². The second-order valence-electron chi connectivity index (χ2n) is 18.2. The first-order valence-electron chi connectivity index (χ1n) is 17.6. The summed E-state index contributed by atoms with van der Waals surface area (Å²) >= 11 is 0. The van der Waals surface area contributed by atoms with Crippen LogP contribution < -0.4 is 0 Å². The monoisotopic (exact) mass is 550 g/mol. The summed E-state index contributed by atoms with van der Waals surface area (Å²) in [5, 5.41) is 11.0. The lowest BCUT2D eigenvalue weighted by Gasteiger charge is -2.71. The maximum Gasteiger partial charge on any atom is 0.143 e. The molecule has 0 heterocycles. The number of hydrogen-bond donors (Lipinski definition) is 1. The number of carbonyl (C=O) groups excluding carboxylic acids is 1. The van der Waals surface area contributed by atoms with Crippen molar-refractivity contribution in [2.24, 2.45) is 50.2 Å². The first-order valence-corrected chi connectivity index (χ1v) is 17.6. The summed E-state index contributed by atoms with van der Waals surface area (Å²) in [6.07, 6.45) is 21.6. The number of allylic oxidation sites excluding steroid dienone is 2. The summed E-state index contributed by atoms with van der Waals surface area (Å²) in [5.74, 6) is 2.75. The molecule has 0 spiro atoms. The van der Waals surface area contributed by atoms with Gasteiger partial charge in [0.15, 0.2) is 0 Å². The molecule has 6 rings (SSSR count). The van der Waals surface area contributed by atoms with Crippen LogP contribution in [-0.4, -0.2) is 17.0 Å². The summed E-state index contributed by atoms with van der Waals surface area (Å²) < 4.78 is 0. The third kappa shape index (κ3) is 4.13. The summed E-state index contributed by atoms with van der Waals surface area (Å²) in [5.41, 5.74) is 4.37. The second kappa shape index (κ2) is 9.69. The van der Waals surface area contributed by atoms with Crippen LogP contribution in [0.4, 0.5) is 0 Å². The van der Waals surface area contributed by atoms with Gasteiger partial charge in [0.2, 0.25) is 0 Å². The second-order valence-corrected chi connectivity index (χ2v) is 18.2. The molecule has 1 N–H and O–H groups in total. The molecular formula is C38H62O2. The van der Waals surface area contributed by atoms with Crippen molar-refractivity contribution >= 4 is 5.78 Å². The lowest BCUT2D eigenvalue weighted by atomic mass is 9.34. The fraction of sp³-hybridized carbons (Fsp3) is 0.921. The Balaban J connectivity index is 1.36. The molecule has 0 radical (unpaired) electrons. The van der Waals surface area contributed by atoms with Crippen LogP contribution in [0.3, 0.4) is 0 Å². The number of hydrogen-bond acceptors (Lipinski definition) is 2. The van der Waals surface area contributed by atoms with Crippen molar-refractivity contribution in [2.45, 2.75) is 170 Å². The summed E-state index contributed by atoms with van der Waals surface area (Å²) in [6, 6.07) is 0. The van der Waals surface area contributed by atoms with Crippen LogP contribution in [-0.2, 0) is 4.79 Å². The molecule has 40 heavy (non-hydrogen) atoms. The maximum absolute atomic E-state index is 14.4. The number of ketones is 1. The van der Waals surface area contributed by atoms with E-state index in [2.05, 4.69) is 48.5 Å². The molecule has 0 aliphatic heterocycles. The van der Waals surface area contributed by atoms with E-state index in [-0.39, 0.29) is 27.8 Å². The molecule has 6 aliphatic carbocycles. The van der Waals surface area contributed by atoms with Crippen molar-refractivity contribution in [1.82, 2.24) is 0 Å². The quantitative estimate of drug-likeness (QED) is 0.354. The summed E-state index contributed by atoms with van der Waals surface area (Å²) in [7, 11) is 0. The number of fused-ring (bicyclic) bond motifs is 6. The third-order valence-electron chi connectivity index (χ3n) is 15.6. The van der Waals surface area contributed by atoms with Gasteiger partial charge in [0.05, 0.1) is 11.5 Å². The molecule has 7 atom stereocenters. The topological polar surface area (TPSA) is 37.3 Å². The third-order valence-corrected chi connectivity index (χ3v) is 15.6. The van der Waals surface area contributed by atoms with Gasteiger partial charge in [0, 0.05) is 6.42 Å². The average molecular weight is 551 g/mol. The van der Waals surface area contributed by atoms with Crippen molar-refractivity contribution < 1.29 is 9.90 Å². The minimum Gasteiger partial charge on any atom is -0.393 e. The molecule has 6 aliphatic rings. The van der Waals surface area contributed by atoms with Gasteiger partial charge in [-0.3, -0.25) is 4.79 Å². The van der Waals surface area contributed by atoms with E-state index in [1.165, 1.54) is 77.0 Å².